The molecule has 0 aliphatic rings. The predicted molar refractivity (Wildman–Crippen MR) is 92.3 cm³/mol. The fourth-order valence-electron chi connectivity index (χ4n) is 2.33. The smallest absolute Gasteiger partial charge is 0.123 e. The van der Waals surface area contributed by atoms with Crippen LogP contribution < -0.4 is 10.1 Å². The summed E-state index contributed by atoms with van der Waals surface area (Å²) in [7, 11) is 0. The number of benzene rings is 1. The SMILES string of the molecule is CCCNCC(C)COc1ccc(CC)cc1C(C)(C)C. The van der Waals surface area contributed by atoms with Crippen molar-refractivity contribution in [3.05, 3.63) is 29.3 Å². The first-order valence-corrected chi connectivity index (χ1v) is 8.35. The van der Waals surface area contributed by atoms with E-state index in [1.165, 1.54) is 17.5 Å². The highest BCUT2D eigenvalue weighted by molar-refractivity contribution is 5.41. The molecule has 0 aromatic heterocycles. The Balaban J connectivity index is 2.70. The van der Waals surface area contributed by atoms with Gasteiger partial charge in [-0.05, 0) is 42.0 Å². The molecule has 0 saturated carbocycles. The Hall–Kier alpha value is -1.02. The third-order valence-electron chi connectivity index (χ3n) is 3.70. The van der Waals surface area contributed by atoms with Crippen LogP contribution in [0.3, 0.4) is 0 Å². The summed E-state index contributed by atoms with van der Waals surface area (Å²) < 4.78 is 6.12. The highest BCUT2D eigenvalue weighted by atomic mass is 16.5. The van der Waals surface area contributed by atoms with Crippen LogP contribution in [0.25, 0.3) is 0 Å². The second-order valence-electron chi connectivity index (χ2n) is 7.05. The van der Waals surface area contributed by atoms with E-state index >= 15 is 0 Å². The van der Waals surface area contributed by atoms with E-state index < -0.39 is 0 Å². The lowest BCUT2D eigenvalue weighted by molar-refractivity contribution is 0.250. The van der Waals surface area contributed by atoms with Gasteiger partial charge in [-0.15, -0.1) is 0 Å². The maximum absolute atomic E-state index is 6.12. The van der Waals surface area contributed by atoms with E-state index in [0.29, 0.717) is 5.92 Å². The van der Waals surface area contributed by atoms with E-state index in [1.54, 1.807) is 0 Å². The molecule has 0 heterocycles. The fraction of sp³-hybridized carbons (Fsp3) is 0.684. The van der Waals surface area contributed by atoms with Crippen LogP contribution >= 0.6 is 0 Å². The molecule has 2 heteroatoms. The van der Waals surface area contributed by atoms with E-state index in [-0.39, 0.29) is 5.41 Å². The van der Waals surface area contributed by atoms with Crippen LogP contribution in [0.2, 0.25) is 0 Å². The van der Waals surface area contributed by atoms with Crippen molar-refractivity contribution in [3.8, 4) is 5.75 Å². The van der Waals surface area contributed by atoms with Crippen LogP contribution in [0.1, 0.15) is 59.1 Å². The number of nitrogens with one attached hydrogen (secondary N) is 1. The highest BCUT2D eigenvalue weighted by Crippen LogP contribution is 2.32. The molecule has 0 bridgehead atoms. The lowest BCUT2D eigenvalue weighted by atomic mass is 9.85. The predicted octanol–water partition coefficient (Wildman–Crippen LogP) is 4.56. The van der Waals surface area contributed by atoms with Crippen LogP contribution in [0.4, 0.5) is 0 Å². The molecule has 0 amide bonds. The van der Waals surface area contributed by atoms with Gasteiger partial charge in [0, 0.05) is 12.5 Å². The summed E-state index contributed by atoms with van der Waals surface area (Å²) in [5, 5.41) is 3.45. The molecular weight excluding hydrogens is 258 g/mol. The van der Waals surface area contributed by atoms with E-state index in [0.717, 1.165) is 31.9 Å². The Morgan fingerprint density at radius 1 is 1.19 bits per heavy atom. The van der Waals surface area contributed by atoms with Gasteiger partial charge >= 0.3 is 0 Å². The molecule has 1 rings (SSSR count). The number of hydrogen-bond donors (Lipinski definition) is 1. The third kappa shape index (κ3) is 6.09. The Labute approximate surface area is 131 Å². The lowest BCUT2D eigenvalue weighted by Crippen LogP contribution is -2.26. The van der Waals surface area contributed by atoms with Gasteiger partial charge in [0.1, 0.15) is 5.75 Å². The summed E-state index contributed by atoms with van der Waals surface area (Å²) >= 11 is 0. The second kappa shape index (κ2) is 8.43. The Morgan fingerprint density at radius 3 is 2.48 bits per heavy atom. The largest absolute Gasteiger partial charge is 0.493 e. The molecular formula is C19H33NO. The first kappa shape index (κ1) is 18.0. The van der Waals surface area contributed by atoms with Gasteiger partial charge in [0.2, 0.25) is 0 Å². The van der Waals surface area contributed by atoms with Crippen LogP contribution in [0, 0.1) is 5.92 Å². The summed E-state index contributed by atoms with van der Waals surface area (Å²) in [6.07, 6.45) is 2.25. The summed E-state index contributed by atoms with van der Waals surface area (Å²) in [5.41, 5.74) is 2.81. The maximum Gasteiger partial charge on any atom is 0.123 e. The van der Waals surface area contributed by atoms with Gasteiger partial charge in [-0.25, -0.2) is 0 Å². The van der Waals surface area contributed by atoms with Crippen molar-refractivity contribution in [1.29, 1.82) is 0 Å². The van der Waals surface area contributed by atoms with Crippen molar-refractivity contribution in [3.63, 3.8) is 0 Å². The monoisotopic (exact) mass is 291 g/mol. The average Bonchev–Trinajstić information content (AvgIpc) is 2.44. The quantitative estimate of drug-likeness (QED) is 0.709. The van der Waals surface area contributed by atoms with E-state index in [1.807, 2.05) is 0 Å². The number of hydrogen-bond acceptors (Lipinski definition) is 2. The summed E-state index contributed by atoms with van der Waals surface area (Å²) in [6.45, 7) is 16.3. The molecule has 1 N–H and O–H groups in total. The summed E-state index contributed by atoms with van der Waals surface area (Å²) in [5.74, 6) is 1.57. The van der Waals surface area contributed by atoms with Gasteiger partial charge in [-0.3, -0.25) is 0 Å². The van der Waals surface area contributed by atoms with Crippen LogP contribution in [0.5, 0.6) is 5.75 Å². The molecule has 1 unspecified atom stereocenters. The molecule has 0 saturated heterocycles. The third-order valence-corrected chi connectivity index (χ3v) is 3.70. The van der Waals surface area contributed by atoms with E-state index in [2.05, 4.69) is 65.1 Å². The molecule has 1 aromatic carbocycles. The zero-order chi connectivity index (χ0) is 15.9. The molecule has 2 nitrogen and oxygen atoms in total. The number of rotatable bonds is 8. The van der Waals surface area contributed by atoms with Crippen molar-refractivity contribution < 1.29 is 4.74 Å². The van der Waals surface area contributed by atoms with Crippen LogP contribution in [-0.4, -0.2) is 19.7 Å². The molecule has 0 aliphatic carbocycles. The van der Waals surface area contributed by atoms with Gasteiger partial charge in [0.15, 0.2) is 0 Å². The molecule has 0 aliphatic heterocycles. The van der Waals surface area contributed by atoms with Crippen molar-refractivity contribution in [2.75, 3.05) is 19.7 Å². The number of aryl methyl sites for hydroxylation is 1. The lowest BCUT2D eigenvalue weighted by Gasteiger charge is -2.24. The first-order chi connectivity index (χ1) is 9.88. The topological polar surface area (TPSA) is 21.3 Å². The van der Waals surface area contributed by atoms with E-state index in [9.17, 15) is 0 Å². The Bertz CT molecular complexity index is 420. The number of ether oxygens (including phenoxy) is 1. The molecule has 120 valence electrons. The minimum atomic E-state index is 0.115. The fourth-order valence-corrected chi connectivity index (χ4v) is 2.33. The summed E-state index contributed by atoms with van der Waals surface area (Å²) in [4.78, 5) is 0. The highest BCUT2D eigenvalue weighted by Gasteiger charge is 2.19. The molecule has 21 heavy (non-hydrogen) atoms. The molecule has 1 atom stereocenters. The Kier molecular flexibility index (Phi) is 7.24. The minimum absolute atomic E-state index is 0.115. The summed E-state index contributed by atoms with van der Waals surface area (Å²) in [6, 6.07) is 6.63. The van der Waals surface area contributed by atoms with Gasteiger partial charge < -0.3 is 10.1 Å². The molecule has 0 spiro atoms. The van der Waals surface area contributed by atoms with Crippen molar-refractivity contribution >= 4 is 0 Å². The second-order valence-corrected chi connectivity index (χ2v) is 7.05. The minimum Gasteiger partial charge on any atom is -0.493 e. The molecule has 1 aromatic rings. The first-order valence-electron chi connectivity index (χ1n) is 8.35. The van der Waals surface area contributed by atoms with Crippen LogP contribution in [-0.2, 0) is 11.8 Å². The molecule has 0 fully saturated rings. The van der Waals surface area contributed by atoms with Gasteiger partial charge in [0.05, 0.1) is 6.61 Å². The maximum atomic E-state index is 6.12. The van der Waals surface area contributed by atoms with Gasteiger partial charge in [-0.1, -0.05) is 53.7 Å². The normalized spacial score (nSPS) is 13.2. The van der Waals surface area contributed by atoms with Crippen molar-refractivity contribution in [2.45, 2.75) is 59.8 Å². The Morgan fingerprint density at radius 2 is 1.90 bits per heavy atom. The van der Waals surface area contributed by atoms with Gasteiger partial charge in [0.25, 0.3) is 0 Å². The van der Waals surface area contributed by atoms with E-state index in [4.69, 9.17) is 4.74 Å². The average molecular weight is 291 g/mol. The standard InChI is InChI=1S/C19H33NO/c1-7-11-20-13-15(3)14-21-18-10-9-16(8-2)12-17(18)19(4,5)6/h9-10,12,15,20H,7-8,11,13-14H2,1-6H3. The van der Waals surface area contributed by atoms with Gasteiger partial charge in [-0.2, -0.15) is 0 Å². The van der Waals surface area contributed by atoms with Crippen molar-refractivity contribution in [2.24, 2.45) is 5.92 Å². The molecule has 0 radical (unpaired) electrons. The van der Waals surface area contributed by atoms with Crippen LogP contribution in [0.15, 0.2) is 18.2 Å². The van der Waals surface area contributed by atoms with Crippen molar-refractivity contribution in [1.82, 2.24) is 5.32 Å². The zero-order valence-corrected chi connectivity index (χ0v) is 14.8. The zero-order valence-electron chi connectivity index (χ0n) is 14.8.